The summed E-state index contributed by atoms with van der Waals surface area (Å²) in [7, 11) is 1.26. The monoisotopic (exact) mass is 272 g/mol. The van der Waals surface area contributed by atoms with Crippen molar-refractivity contribution in [3.05, 3.63) is 0 Å². The number of hydrogen-bond donors (Lipinski definition) is 1. The van der Waals surface area contributed by atoms with E-state index in [9.17, 15) is 14.4 Å². The summed E-state index contributed by atoms with van der Waals surface area (Å²) < 4.78 is 9.61. The van der Waals surface area contributed by atoms with E-state index in [2.05, 4.69) is 15.0 Å². The van der Waals surface area contributed by atoms with Crippen LogP contribution in [0.25, 0.3) is 0 Å². The maximum absolute atomic E-state index is 11.6. The summed E-state index contributed by atoms with van der Waals surface area (Å²) in [4.78, 5) is 36.1. The molecule has 0 saturated carbocycles. The van der Waals surface area contributed by atoms with Crippen molar-refractivity contribution in [2.75, 3.05) is 13.7 Å². The van der Waals surface area contributed by atoms with Gasteiger partial charge in [-0.3, -0.25) is 4.79 Å². The standard InChI is InChI=1S/C12H20N2O5/c1-12(2,3)19-11(17)14-9(5-6-13-8-15)7-10(16)18-4/h9H,5-7H2,1-4H3,(H,14,17)/t9-/m0/s1. The van der Waals surface area contributed by atoms with Gasteiger partial charge >= 0.3 is 12.1 Å². The van der Waals surface area contributed by atoms with Crippen LogP contribution in [-0.4, -0.2) is 43.4 Å². The van der Waals surface area contributed by atoms with Crippen LogP contribution >= 0.6 is 0 Å². The number of esters is 1. The van der Waals surface area contributed by atoms with E-state index < -0.39 is 23.7 Å². The SMILES string of the molecule is COC(=O)C[C@H](CCN=C=O)NC(=O)OC(C)(C)C. The van der Waals surface area contributed by atoms with Gasteiger partial charge in [0.05, 0.1) is 20.1 Å². The Morgan fingerprint density at radius 2 is 2.00 bits per heavy atom. The van der Waals surface area contributed by atoms with Crippen LogP contribution in [-0.2, 0) is 19.1 Å². The van der Waals surface area contributed by atoms with Crippen molar-refractivity contribution >= 4 is 18.1 Å². The minimum atomic E-state index is -0.628. The first-order chi connectivity index (χ1) is 8.78. The van der Waals surface area contributed by atoms with E-state index in [1.54, 1.807) is 20.8 Å². The lowest BCUT2D eigenvalue weighted by molar-refractivity contribution is -0.141. The fourth-order valence-corrected chi connectivity index (χ4v) is 1.25. The number of isocyanates is 1. The quantitative estimate of drug-likeness (QED) is 0.445. The van der Waals surface area contributed by atoms with E-state index in [1.807, 2.05) is 0 Å². The second kappa shape index (κ2) is 8.26. The fraction of sp³-hybridized carbons (Fsp3) is 0.750. The number of methoxy groups -OCH3 is 1. The molecule has 1 N–H and O–H groups in total. The zero-order valence-corrected chi connectivity index (χ0v) is 11.7. The van der Waals surface area contributed by atoms with E-state index in [4.69, 9.17) is 4.74 Å². The van der Waals surface area contributed by atoms with Crippen molar-refractivity contribution in [1.29, 1.82) is 0 Å². The smallest absolute Gasteiger partial charge is 0.407 e. The van der Waals surface area contributed by atoms with Crippen molar-refractivity contribution in [1.82, 2.24) is 5.32 Å². The van der Waals surface area contributed by atoms with Crippen LogP contribution in [0.4, 0.5) is 4.79 Å². The van der Waals surface area contributed by atoms with Crippen LogP contribution in [0, 0.1) is 0 Å². The van der Waals surface area contributed by atoms with Gasteiger partial charge in [-0.1, -0.05) is 0 Å². The van der Waals surface area contributed by atoms with Crippen molar-refractivity contribution in [2.24, 2.45) is 4.99 Å². The molecule has 0 unspecified atom stereocenters. The molecule has 0 aromatic rings. The van der Waals surface area contributed by atoms with Crippen molar-refractivity contribution in [3.63, 3.8) is 0 Å². The molecule has 0 bridgehead atoms. The molecule has 0 aromatic heterocycles. The molecule has 0 radical (unpaired) electrons. The average molecular weight is 272 g/mol. The molecule has 19 heavy (non-hydrogen) atoms. The Morgan fingerprint density at radius 3 is 2.47 bits per heavy atom. The van der Waals surface area contributed by atoms with Gasteiger partial charge in [-0.2, -0.15) is 0 Å². The van der Waals surface area contributed by atoms with Crippen molar-refractivity contribution in [3.8, 4) is 0 Å². The van der Waals surface area contributed by atoms with Gasteiger partial charge < -0.3 is 14.8 Å². The number of nitrogens with zero attached hydrogens (tertiary/aromatic N) is 1. The first-order valence-corrected chi connectivity index (χ1v) is 5.88. The molecule has 0 aliphatic carbocycles. The fourth-order valence-electron chi connectivity index (χ4n) is 1.25. The summed E-state index contributed by atoms with van der Waals surface area (Å²) in [5.41, 5.74) is -0.624. The van der Waals surface area contributed by atoms with E-state index in [-0.39, 0.29) is 13.0 Å². The topological polar surface area (TPSA) is 94.1 Å². The summed E-state index contributed by atoms with van der Waals surface area (Å²) in [6.07, 6.45) is 1.08. The van der Waals surface area contributed by atoms with Crippen LogP contribution in [0.2, 0.25) is 0 Å². The summed E-state index contributed by atoms with van der Waals surface area (Å²) in [5, 5.41) is 2.55. The molecule has 0 saturated heterocycles. The number of nitrogens with one attached hydrogen (secondary N) is 1. The van der Waals surface area contributed by atoms with Crippen molar-refractivity contribution < 1.29 is 23.9 Å². The number of alkyl carbamates (subject to hydrolysis) is 1. The normalized spacial score (nSPS) is 12.0. The zero-order valence-electron chi connectivity index (χ0n) is 11.7. The summed E-state index contributed by atoms with van der Waals surface area (Å²) in [5.74, 6) is -0.462. The Hall–Kier alpha value is -1.88. The molecule has 0 heterocycles. The second-order valence-corrected chi connectivity index (χ2v) is 4.89. The van der Waals surface area contributed by atoms with Crippen molar-refractivity contribution in [2.45, 2.75) is 45.3 Å². The van der Waals surface area contributed by atoms with Crippen LogP contribution in [0.15, 0.2) is 4.99 Å². The lowest BCUT2D eigenvalue weighted by atomic mass is 10.1. The number of rotatable bonds is 6. The third-order valence-corrected chi connectivity index (χ3v) is 2.02. The van der Waals surface area contributed by atoms with Gasteiger partial charge in [0.2, 0.25) is 6.08 Å². The molecule has 1 atom stereocenters. The highest BCUT2D eigenvalue weighted by atomic mass is 16.6. The molecule has 0 rings (SSSR count). The van der Waals surface area contributed by atoms with E-state index in [1.165, 1.54) is 13.2 Å². The summed E-state index contributed by atoms with van der Waals surface area (Å²) in [6.45, 7) is 5.37. The second-order valence-electron chi connectivity index (χ2n) is 4.89. The molecule has 108 valence electrons. The number of carbonyl (C=O) groups is 2. The Kier molecular flexibility index (Phi) is 7.44. The van der Waals surface area contributed by atoms with Gasteiger partial charge in [0, 0.05) is 6.04 Å². The third-order valence-electron chi connectivity index (χ3n) is 2.02. The highest BCUT2D eigenvalue weighted by Crippen LogP contribution is 2.08. The van der Waals surface area contributed by atoms with Crippen LogP contribution in [0.1, 0.15) is 33.6 Å². The maximum atomic E-state index is 11.6. The maximum Gasteiger partial charge on any atom is 0.407 e. The van der Waals surface area contributed by atoms with Crippen LogP contribution < -0.4 is 5.32 Å². The average Bonchev–Trinajstić information content (AvgIpc) is 2.26. The molecule has 0 fully saturated rings. The number of aliphatic imine (C=N–C) groups is 1. The summed E-state index contributed by atoms with van der Waals surface area (Å²) in [6, 6.07) is -0.501. The first-order valence-electron chi connectivity index (χ1n) is 5.88. The van der Waals surface area contributed by atoms with Crippen LogP contribution in [0.3, 0.4) is 0 Å². The van der Waals surface area contributed by atoms with E-state index in [0.717, 1.165) is 0 Å². The van der Waals surface area contributed by atoms with Gasteiger partial charge in [0.25, 0.3) is 0 Å². The molecular formula is C12H20N2O5. The zero-order chi connectivity index (χ0) is 14.9. The number of ether oxygens (including phenoxy) is 2. The predicted molar refractivity (Wildman–Crippen MR) is 67.4 cm³/mol. The van der Waals surface area contributed by atoms with Gasteiger partial charge in [0.1, 0.15) is 5.60 Å². The lowest BCUT2D eigenvalue weighted by Gasteiger charge is -2.22. The Balaban J connectivity index is 4.42. The minimum Gasteiger partial charge on any atom is -0.469 e. The Labute approximate surface area is 112 Å². The Morgan fingerprint density at radius 1 is 1.37 bits per heavy atom. The largest absolute Gasteiger partial charge is 0.469 e. The molecule has 0 spiro atoms. The molecular weight excluding hydrogens is 252 g/mol. The molecule has 0 aromatic carbocycles. The highest BCUT2D eigenvalue weighted by Gasteiger charge is 2.21. The number of carbonyl (C=O) groups excluding carboxylic acids is 3. The Bertz CT molecular complexity index is 356. The number of amides is 1. The predicted octanol–water partition coefficient (Wildman–Crippen LogP) is 1.17. The molecule has 0 aliphatic rings. The molecule has 1 amide bonds. The minimum absolute atomic E-state index is 0.00980. The lowest BCUT2D eigenvalue weighted by Crippen LogP contribution is -2.40. The molecule has 7 heteroatoms. The molecule has 0 aliphatic heterocycles. The van der Waals surface area contributed by atoms with E-state index >= 15 is 0 Å². The number of hydrogen-bond acceptors (Lipinski definition) is 6. The van der Waals surface area contributed by atoms with Gasteiger partial charge in [0.15, 0.2) is 0 Å². The van der Waals surface area contributed by atoms with E-state index in [0.29, 0.717) is 6.42 Å². The summed E-state index contributed by atoms with van der Waals surface area (Å²) >= 11 is 0. The third kappa shape index (κ3) is 9.79. The van der Waals surface area contributed by atoms with Gasteiger partial charge in [-0.05, 0) is 27.2 Å². The van der Waals surface area contributed by atoms with Crippen LogP contribution in [0.5, 0.6) is 0 Å². The first kappa shape index (κ1) is 17.1. The molecule has 7 nitrogen and oxygen atoms in total. The van der Waals surface area contributed by atoms with Gasteiger partial charge in [-0.15, -0.1) is 0 Å². The highest BCUT2D eigenvalue weighted by molar-refractivity contribution is 5.72. The van der Waals surface area contributed by atoms with Gasteiger partial charge in [-0.25, -0.2) is 14.6 Å².